The molecule has 2 N–H and O–H groups in total. The highest BCUT2D eigenvalue weighted by atomic mass is 32.1. The van der Waals surface area contributed by atoms with Gasteiger partial charge in [-0.05, 0) is 23.3 Å². The van der Waals surface area contributed by atoms with Gasteiger partial charge >= 0.3 is 5.97 Å². The number of methoxy groups -OCH3 is 1. The van der Waals surface area contributed by atoms with Crippen molar-refractivity contribution in [3.8, 4) is 16.9 Å². The van der Waals surface area contributed by atoms with Crippen LogP contribution in [0.3, 0.4) is 0 Å². The van der Waals surface area contributed by atoms with Gasteiger partial charge in [-0.2, -0.15) is 0 Å². The summed E-state index contributed by atoms with van der Waals surface area (Å²) in [5, 5.41) is 0. The van der Waals surface area contributed by atoms with Crippen molar-refractivity contribution in [2.24, 2.45) is 5.73 Å². The fraction of sp³-hybridized carbons (Fsp3) is 0.0741. The Hall–Kier alpha value is -4.43. The van der Waals surface area contributed by atoms with Gasteiger partial charge in [0.15, 0.2) is 0 Å². The molecule has 0 bridgehead atoms. The highest BCUT2D eigenvalue weighted by Gasteiger charge is 2.31. The van der Waals surface area contributed by atoms with Crippen molar-refractivity contribution in [2.45, 2.75) is 6.61 Å². The summed E-state index contributed by atoms with van der Waals surface area (Å²) in [7, 11) is 1.30. The molecule has 0 saturated carbocycles. The Balaban J connectivity index is 1.83. The first-order chi connectivity index (χ1) is 17.0. The maximum absolute atomic E-state index is 13.1. The van der Waals surface area contributed by atoms with Crippen molar-refractivity contribution in [2.75, 3.05) is 7.11 Å². The maximum atomic E-state index is 13.1. The number of esters is 1. The summed E-state index contributed by atoms with van der Waals surface area (Å²) in [4.78, 5) is 38.2. The number of ketones is 1. The number of primary amides is 1. The molecular weight excluding hydrogens is 464 g/mol. The Morgan fingerprint density at radius 1 is 0.914 bits per heavy atom. The Bertz CT molecular complexity index is 1590. The smallest absolute Gasteiger partial charge is 0.348 e. The molecule has 0 saturated heterocycles. The second-order valence-electron chi connectivity index (χ2n) is 7.78. The Morgan fingerprint density at radius 3 is 2.26 bits per heavy atom. The van der Waals surface area contributed by atoms with E-state index in [0.717, 1.165) is 22.5 Å². The molecule has 0 spiro atoms. The van der Waals surface area contributed by atoms with Gasteiger partial charge in [-0.3, -0.25) is 9.59 Å². The summed E-state index contributed by atoms with van der Waals surface area (Å²) in [5.74, 6) is -2.06. The van der Waals surface area contributed by atoms with Crippen LogP contribution in [0, 0.1) is 0 Å². The molecule has 174 valence electrons. The lowest BCUT2D eigenvalue weighted by atomic mass is 10.0. The number of aromatic nitrogens is 1. The first kappa shape index (κ1) is 22.4. The number of rotatable bonds is 7. The van der Waals surface area contributed by atoms with E-state index in [4.69, 9.17) is 15.2 Å². The first-order valence-electron chi connectivity index (χ1n) is 10.8. The van der Waals surface area contributed by atoms with E-state index >= 15 is 0 Å². The number of carbonyl (C=O) groups excluding carboxylic acids is 3. The van der Waals surface area contributed by atoms with Crippen LogP contribution < -0.4 is 10.5 Å². The number of amides is 1. The van der Waals surface area contributed by atoms with Crippen LogP contribution in [0.15, 0.2) is 79.0 Å². The molecule has 0 atom stereocenters. The Kier molecular flexibility index (Phi) is 5.80. The molecule has 0 radical (unpaired) electrons. The minimum absolute atomic E-state index is 0.105. The zero-order valence-electron chi connectivity index (χ0n) is 18.7. The largest absolute Gasteiger partial charge is 0.487 e. The summed E-state index contributed by atoms with van der Waals surface area (Å²) in [5.41, 5.74) is 8.89. The van der Waals surface area contributed by atoms with Crippen LogP contribution in [-0.4, -0.2) is 29.2 Å². The van der Waals surface area contributed by atoms with Gasteiger partial charge in [-0.1, -0.05) is 60.7 Å². The molecule has 0 aliphatic carbocycles. The van der Waals surface area contributed by atoms with Crippen molar-refractivity contribution >= 4 is 44.7 Å². The van der Waals surface area contributed by atoms with E-state index in [1.165, 1.54) is 7.11 Å². The normalized spacial score (nSPS) is 11.0. The SMILES string of the molecule is COC(=O)c1sc2c(C(=O)C(N)=O)c3c(OCc4ccccc4)cccn3c2c1-c1ccccc1. The molecule has 0 unspecified atom stereocenters. The number of nitrogens with zero attached hydrogens (tertiary/aromatic N) is 1. The van der Waals surface area contributed by atoms with Crippen LogP contribution in [0.2, 0.25) is 0 Å². The van der Waals surface area contributed by atoms with Gasteiger partial charge < -0.3 is 19.6 Å². The van der Waals surface area contributed by atoms with Gasteiger partial charge in [-0.25, -0.2) is 4.79 Å². The van der Waals surface area contributed by atoms with Gasteiger partial charge in [0, 0.05) is 11.8 Å². The number of fused-ring (bicyclic) bond motifs is 3. The van der Waals surface area contributed by atoms with E-state index < -0.39 is 17.7 Å². The molecule has 2 aromatic carbocycles. The third kappa shape index (κ3) is 3.83. The zero-order valence-corrected chi connectivity index (χ0v) is 19.5. The van der Waals surface area contributed by atoms with Crippen LogP contribution in [0.1, 0.15) is 25.6 Å². The second kappa shape index (κ2) is 9.08. The second-order valence-corrected chi connectivity index (χ2v) is 8.80. The Labute approximate surface area is 204 Å². The van der Waals surface area contributed by atoms with Crippen molar-refractivity contribution in [3.05, 3.63) is 95.0 Å². The topological polar surface area (TPSA) is 100 Å². The lowest BCUT2D eigenvalue weighted by Gasteiger charge is -2.11. The zero-order chi connectivity index (χ0) is 24.5. The predicted octanol–water partition coefficient (Wildman–Crippen LogP) is 4.85. The van der Waals surface area contributed by atoms with E-state index in [-0.39, 0.29) is 12.2 Å². The summed E-state index contributed by atoms with van der Waals surface area (Å²) >= 11 is 1.09. The molecule has 0 fully saturated rings. The quantitative estimate of drug-likeness (QED) is 0.202. The van der Waals surface area contributed by atoms with Gasteiger partial charge in [0.05, 0.1) is 22.9 Å². The van der Waals surface area contributed by atoms with E-state index in [1.54, 1.807) is 22.7 Å². The van der Waals surface area contributed by atoms with Crippen LogP contribution in [-0.2, 0) is 16.1 Å². The number of carbonyl (C=O) groups is 3. The minimum Gasteiger partial charge on any atom is -0.487 e. The molecule has 8 heteroatoms. The molecule has 5 aromatic rings. The van der Waals surface area contributed by atoms with Crippen molar-refractivity contribution in [3.63, 3.8) is 0 Å². The fourth-order valence-electron chi connectivity index (χ4n) is 4.14. The summed E-state index contributed by atoms with van der Waals surface area (Å²) in [6.07, 6.45) is 1.77. The average molecular weight is 485 g/mol. The monoisotopic (exact) mass is 484 g/mol. The number of benzene rings is 2. The van der Waals surface area contributed by atoms with Crippen LogP contribution in [0.5, 0.6) is 5.75 Å². The standard InChI is InChI=1S/C27H20N2O5S/c1-33-27(32)25-19(17-11-6-3-7-12-17)22-24(35-25)20(23(30)26(28)31)21-18(13-8-14-29(21)22)34-15-16-9-4-2-5-10-16/h2-14H,15H2,1H3,(H2,28,31). The predicted molar refractivity (Wildman–Crippen MR) is 134 cm³/mol. The first-order valence-corrected chi connectivity index (χ1v) is 11.6. The van der Waals surface area contributed by atoms with E-state index in [1.807, 2.05) is 60.7 Å². The minimum atomic E-state index is -1.09. The van der Waals surface area contributed by atoms with Gasteiger partial charge in [0.1, 0.15) is 22.8 Å². The number of hydrogen-bond donors (Lipinski definition) is 1. The van der Waals surface area contributed by atoms with Crippen molar-refractivity contribution in [1.29, 1.82) is 0 Å². The molecule has 3 heterocycles. The van der Waals surface area contributed by atoms with Crippen molar-refractivity contribution in [1.82, 2.24) is 4.40 Å². The molecule has 5 rings (SSSR count). The summed E-state index contributed by atoms with van der Waals surface area (Å²) in [6.45, 7) is 0.266. The van der Waals surface area contributed by atoms with Crippen LogP contribution in [0.25, 0.3) is 26.9 Å². The number of pyridine rings is 1. The summed E-state index contributed by atoms with van der Waals surface area (Å²) < 4.78 is 13.4. The van der Waals surface area contributed by atoms with Gasteiger partial charge in [0.2, 0.25) is 0 Å². The number of ether oxygens (including phenoxy) is 2. The maximum Gasteiger partial charge on any atom is 0.348 e. The molecule has 3 aromatic heterocycles. The van der Waals surface area contributed by atoms with Gasteiger partial charge in [-0.15, -0.1) is 11.3 Å². The molecule has 35 heavy (non-hydrogen) atoms. The summed E-state index contributed by atoms with van der Waals surface area (Å²) in [6, 6.07) is 22.5. The highest BCUT2D eigenvalue weighted by Crippen LogP contribution is 2.45. The molecule has 1 amide bonds. The highest BCUT2D eigenvalue weighted by molar-refractivity contribution is 7.22. The number of nitrogens with two attached hydrogens (primary N) is 1. The lowest BCUT2D eigenvalue weighted by Crippen LogP contribution is -2.23. The number of hydrogen-bond acceptors (Lipinski definition) is 6. The van der Waals surface area contributed by atoms with E-state index in [0.29, 0.717) is 31.9 Å². The van der Waals surface area contributed by atoms with Crippen LogP contribution >= 0.6 is 11.3 Å². The molecular formula is C27H20N2O5S. The third-order valence-electron chi connectivity index (χ3n) is 5.67. The molecule has 0 aliphatic heterocycles. The van der Waals surface area contributed by atoms with E-state index in [2.05, 4.69) is 0 Å². The Morgan fingerprint density at radius 2 is 1.60 bits per heavy atom. The average Bonchev–Trinajstić information content (AvgIpc) is 3.43. The number of thiophene rings is 1. The van der Waals surface area contributed by atoms with E-state index in [9.17, 15) is 14.4 Å². The molecule has 0 aliphatic rings. The van der Waals surface area contributed by atoms with Crippen molar-refractivity contribution < 1.29 is 23.9 Å². The fourth-order valence-corrected chi connectivity index (χ4v) is 5.42. The van der Waals surface area contributed by atoms with Crippen LogP contribution in [0.4, 0.5) is 0 Å². The number of Topliss-reactive ketones (excluding diaryl/α,β-unsaturated/α-hetero) is 1. The third-order valence-corrected chi connectivity index (χ3v) is 6.84. The lowest BCUT2D eigenvalue weighted by molar-refractivity contribution is -0.114. The van der Waals surface area contributed by atoms with Gasteiger partial charge in [0.25, 0.3) is 11.7 Å². The molecule has 7 nitrogen and oxygen atoms in total.